The predicted molar refractivity (Wildman–Crippen MR) is 131 cm³/mol. The Hall–Kier alpha value is -3.14. The van der Waals surface area contributed by atoms with Crippen LogP contribution in [0.1, 0.15) is 61.3 Å². The normalized spacial score (nSPS) is 15.4. The molecular formula is C25H31F3N6O. The lowest BCUT2D eigenvalue weighted by Gasteiger charge is -2.34. The van der Waals surface area contributed by atoms with Gasteiger partial charge in [-0.05, 0) is 51.1 Å². The smallest absolute Gasteiger partial charge is 0.369 e. The molecule has 0 atom stereocenters. The van der Waals surface area contributed by atoms with Gasteiger partial charge in [0, 0.05) is 43.6 Å². The number of nitrogens with zero attached hydrogens (tertiary/aromatic N) is 5. The zero-order chi connectivity index (χ0) is 25.5. The van der Waals surface area contributed by atoms with Gasteiger partial charge < -0.3 is 15.1 Å². The summed E-state index contributed by atoms with van der Waals surface area (Å²) in [6, 6.07) is 5.75. The van der Waals surface area contributed by atoms with E-state index >= 15 is 0 Å². The van der Waals surface area contributed by atoms with Crippen molar-refractivity contribution in [3.05, 3.63) is 47.3 Å². The highest BCUT2D eigenvalue weighted by Gasteiger charge is 2.35. The van der Waals surface area contributed by atoms with Crippen LogP contribution in [0.2, 0.25) is 0 Å². The minimum atomic E-state index is -4.62. The van der Waals surface area contributed by atoms with Crippen LogP contribution < -0.4 is 10.2 Å². The molecule has 35 heavy (non-hydrogen) atoms. The Labute approximate surface area is 202 Å². The highest BCUT2D eigenvalue weighted by molar-refractivity contribution is 6.12. The van der Waals surface area contributed by atoms with Gasteiger partial charge in [0.15, 0.2) is 5.65 Å². The second-order valence-corrected chi connectivity index (χ2v) is 9.64. The molecule has 1 N–H and O–H groups in total. The van der Waals surface area contributed by atoms with Gasteiger partial charge in [-0.25, -0.2) is 9.67 Å². The number of hydrogen-bond acceptors (Lipinski definition) is 5. The van der Waals surface area contributed by atoms with Crippen molar-refractivity contribution in [3.63, 3.8) is 0 Å². The molecule has 1 aliphatic rings. The van der Waals surface area contributed by atoms with Crippen LogP contribution in [-0.4, -0.2) is 58.8 Å². The van der Waals surface area contributed by atoms with Crippen LogP contribution in [0.5, 0.6) is 0 Å². The first-order chi connectivity index (χ1) is 16.5. The first-order valence-electron chi connectivity index (χ1n) is 11.8. The van der Waals surface area contributed by atoms with E-state index in [0.717, 1.165) is 19.2 Å². The van der Waals surface area contributed by atoms with Crippen molar-refractivity contribution >= 4 is 28.3 Å². The molecule has 0 radical (unpaired) electrons. The number of rotatable bonds is 5. The summed E-state index contributed by atoms with van der Waals surface area (Å²) in [5.41, 5.74) is 0.823. The molecule has 188 valence electrons. The van der Waals surface area contributed by atoms with E-state index in [4.69, 9.17) is 0 Å². The van der Waals surface area contributed by atoms with Crippen LogP contribution in [0.4, 0.5) is 24.5 Å². The van der Waals surface area contributed by atoms with E-state index in [9.17, 15) is 18.0 Å². The minimum Gasteiger partial charge on any atom is -0.369 e. The molecule has 0 spiro atoms. The van der Waals surface area contributed by atoms with E-state index in [1.54, 1.807) is 23.0 Å². The van der Waals surface area contributed by atoms with Crippen molar-refractivity contribution in [2.24, 2.45) is 0 Å². The quantitative estimate of drug-likeness (QED) is 0.538. The van der Waals surface area contributed by atoms with E-state index in [-0.39, 0.29) is 23.2 Å². The van der Waals surface area contributed by atoms with Gasteiger partial charge in [0.2, 0.25) is 0 Å². The Kier molecular flexibility index (Phi) is 6.77. The molecule has 10 heteroatoms. The largest absolute Gasteiger partial charge is 0.418 e. The van der Waals surface area contributed by atoms with Crippen molar-refractivity contribution in [1.82, 2.24) is 19.7 Å². The Balaban J connectivity index is 1.72. The lowest BCUT2D eigenvalue weighted by atomic mass is 10.0. The summed E-state index contributed by atoms with van der Waals surface area (Å²) in [5, 5.41) is 7.38. The SMILES string of the molecule is CC(C)c1cc(C(=O)Nc2ccc(N3CCN(C)CC3)cc2C(F)(F)F)c2cnn(C(C)C)c2n1. The molecule has 0 unspecified atom stereocenters. The van der Waals surface area contributed by atoms with Crippen LogP contribution in [-0.2, 0) is 6.18 Å². The molecule has 1 amide bonds. The average molecular weight is 489 g/mol. The average Bonchev–Trinajstić information content (AvgIpc) is 3.23. The monoisotopic (exact) mass is 488 g/mol. The van der Waals surface area contributed by atoms with E-state index in [1.807, 2.05) is 39.6 Å². The first-order valence-corrected chi connectivity index (χ1v) is 11.8. The Morgan fingerprint density at radius 3 is 2.34 bits per heavy atom. The molecule has 0 bridgehead atoms. The Bertz CT molecular complexity index is 1230. The number of carbonyl (C=O) groups is 1. The zero-order valence-electron chi connectivity index (χ0n) is 20.6. The Morgan fingerprint density at radius 2 is 1.74 bits per heavy atom. The first kappa shape index (κ1) is 25.0. The van der Waals surface area contributed by atoms with E-state index in [0.29, 0.717) is 35.5 Å². The third-order valence-electron chi connectivity index (χ3n) is 6.34. The van der Waals surface area contributed by atoms with Crippen molar-refractivity contribution < 1.29 is 18.0 Å². The molecule has 2 aromatic heterocycles. The number of fused-ring (bicyclic) bond motifs is 1. The van der Waals surface area contributed by atoms with Gasteiger partial charge in [-0.2, -0.15) is 18.3 Å². The number of pyridine rings is 1. The molecule has 4 rings (SSSR count). The maximum Gasteiger partial charge on any atom is 0.418 e. The number of amides is 1. The maximum atomic E-state index is 14.0. The number of nitrogens with one attached hydrogen (secondary N) is 1. The highest BCUT2D eigenvalue weighted by Crippen LogP contribution is 2.38. The summed E-state index contributed by atoms with van der Waals surface area (Å²) in [5.74, 6) is -0.601. The second-order valence-electron chi connectivity index (χ2n) is 9.64. The molecule has 3 aromatic rings. The third-order valence-corrected chi connectivity index (χ3v) is 6.34. The standard InChI is InChI=1S/C25H31F3N6O/c1-15(2)22-13-18(19-14-29-34(16(3)4)23(19)30-22)24(35)31-21-7-6-17(12-20(21)25(26,27)28)33-10-8-32(5)9-11-33/h6-7,12-16H,8-11H2,1-5H3,(H,31,35). The van der Waals surface area contributed by atoms with Crippen molar-refractivity contribution in [2.45, 2.75) is 45.8 Å². The number of aromatic nitrogens is 3. The van der Waals surface area contributed by atoms with Crippen molar-refractivity contribution in [1.29, 1.82) is 0 Å². The third kappa shape index (κ3) is 5.12. The molecule has 1 saturated heterocycles. The minimum absolute atomic E-state index is 0.0114. The molecule has 3 heterocycles. The van der Waals surface area contributed by atoms with Gasteiger partial charge in [0.1, 0.15) is 0 Å². The molecule has 0 aliphatic carbocycles. The Morgan fingerprint density at radius 1 is 1.06 bits per heavy atom. The fourth-order valence-corrected chi connectivity index (χ4v) is 4.23. The number of piperazine rings is 1. The summed E-state index contributed by atoms with van der Waals surface area (Å²) in [6.45, 7) is 10.6. The number of likely N-dealkylation sites (N-methyl/N-ethyl adjacent to an activating group) is 1. The molecule has 0 saturated carbocycles. The van der Waals surface area contributed by atoms with E-state index < -0.39 is 17.6 Å². The maximum absolute atomic E-state index is 14.0. The summed E-state index contributed by atoms with van der Waals surface area (Å²) in [7, 11) is 1.99. The molecule has 1 aromatic carbocycles. The lowest BCUT2D eigenvalue weighted by molar-refractivity contribution is -0.136. The van der Waals surface area contributed by atoms with Crippen molar-refractivity contribution in [3.8, 4) is 0 Å². The van der Waals surface area contributed by atoms with Gasteiger partial charge in [0.05, 0.1) is 28.4 Å². The van der Waals surface area contributed by atoms with Crippen LogP contribution in [0.3, 0.4) is 0 Å². The second kappa shape index (κ2) is 9.49. The van der Waals surface area contributed by atoms with Crippen LogP contribution in [0.25, 0.3) is 11.0 Å². The molecule has 7 nitrogen and oxygen atoms in total. The number of benzene rings is 1. The summed E-state index contributed by atoms with van der Waals surface area (Å²) >= 11 is 0. The molecular weight excluding hydrogens is 457 g/mol. The molecule has 1 aliphatic heterocycles. The number of anilines is 2. The van der Waals surface area contributed by atoms with Gasteiger partial charge >= 0.3 is 6.18 Å². The number of halogens is 3. The van der Waals surface area contributed by atoms with Crippen LogP contribution in [0, 0.1) is 0 Å². The number of hydrogen-bond donors (Lipinski definition) is 1. The van der Waals surface area contributed by atoms with Gasteiger partial charge in [-0.3, -0.25) is 4.79 Å². The zero-order valence-corrected chi connectivity index (χ0v) is 20.6. The van der Waals surface area contributed by atoms with E-state index in [1.165, 1.54) is 6.07 Å². The van der Waals surface area contributed by atoms with Crippen LogP contribution >= 0.6 is 0 Å². The fraction of sp³-hybridized carbons (Fsp3) is 0.480. The summed E-state index contributed by atoms with van der Waals surface area (Å²) in [6.07, 6.45) is -3.08. The van der Waals surface area contributed by atoms with E-state index in [2.05, 4.69) is 20.3 Å². The summed E-state index contributed by atoms with van der Waals surface area (Å²) < 4.78 is 43.8. The fourth-order valence-electron chi connectivity index (χ4n) is 4.23. The highest BCUT2D eigenvalue weighted by atomic mass is 19.4. The van der Waals surface area contributed by atoms with Gasteiger partial charge in [-0.15, -0.1) is 0 Å². The lowest BCUT2D eigenvalue weighted by Crippen LogP contribution is -2.44. The topological polar surface area (TPSA) is 66.3 Å². The summed E-state index contributed by atoms with van der Waals surface area (Å²) in [4.78, 5) is 22.1. The molecule has 1 fully saturated rings. The van der Waals surface area contributed by atoms with Gasteiger partial charge in [0.25, 0.3) is 5.91 Å². The van der Waals surface area contributed by atoms with Crippen molar-refractivity contribution in [2.75, 3.05) is 43.4 Å². The van der Waals surface area contributed by atoms with Gasteiger partial charge in [-0.1, -0.05) is 13.8 Å². The number of carbonyl (C=O) groups excluding carboxylic acids is 1. The van der Waals surface area contributed by atoms with Crippen LogP contribution in [0.15, 0.2) is 30.5 Å². The predicted octanol–water partition coefficient (Wildman–Crippen LogP) is 5.16. The number of alkyl halides is 3.